The van der Waals surface area contributed by atoms with E-state index in [1.165, 1.54) is 19.3 Å². The lowest BCUT2D eigenvalue weighted by Crippen LogP contribution is -2.33. The highest BCUT2D eigenvalue weighted by atomic mass is 16.5. The van der Waals surface area contributed by atoms with Crippen molar-refractivity contribution >= 4 is 5.91 Å². The molecule has 1 fully saturated rings. The number of benzene rings is 1. The Hall–Kier alpha value is -2.26. The molecule has 0 atom stereocenters. The van der Waals surface area contributed by atoms with E-state index >= 15 is 0 Å². The number of ether oxygens (including phenoxy) is 2. The monoisotopic (exact) mass is 345 g/mol. The highest BCUT2D eigenvalue weighted by molar-refractivity contribution is 5.77. The molecule has 1 aromatic rings. The maximum absolute atomic E-state index is 11.4. The highest BCUT2D eigenvalue weighted by Crippen LogP contribution is 2.25. The van der Waals surface area contributed by atoms with Gasteiger partial charge in [-0.2, -0.15) is 5.26 Å². The molecule has 1 amide bonds. The van der Waals surface area contributed by atoms with E-state index in [0.717, 1.165) is 36.7 Å². The predicted octanol–water partition coefficient (Wildman–Crippen LogP) is 2.13. The number of nitriles is 1. The Balaban J connectivity index is 1.87. The van der Waals surface area contributed by atoms with Crippen molar-refractivity contribution in [2.24, 2.45) is 0 Å². The van der Waals surface area contributed by atoms with Gasteiger partial charge in [0.1, 0.15) is 24.5 Å². The lowest BCUT2D eigenvalue weighted by molar-refractivity contribution is -0.120. The molecule has 0 spiro atoms. The maximum Gasteiger partial charge on any atom is 0.234 e. The molecular weight excluding hydrogens is 318 g/mol. The van der Waals surface area contributed by atoms with Crippen LogP contribution in [-0.2, 0) is 11.2 Å². The smallest absolute Gasteiger partial charge is 0.234 e. The standard InChI is InChI=1S/C19H27N3O3/c1-24-17-6-5-16(8-10-21-19(23)7-9-20)18(15-17)25-14-13-22-11-3-2-4-12-22/h5-6,15H,2-4,7-8,10-14H2,1H3,(H,21,23). The lowest BCUT2D eigenvalue weighted by atomic mass is 10.1. The zero-order valence-electron chi connectivity index (χ0n) is 14.9. The summed E-state index contributed by atoms with van der Waals surface area (Å²) in [5, 5.41) is 11.2. The summed E-state index contributed by atoms with van der Waals surface area (Å²) in [7, 11) is 1.63. The third-order valence-electron chi connectivity index (χ3n) is 4.34. The third kappa shape index (κ3) is 6.63. The molecule has 0 unspecified atom stereocenters. The van der Waals surface area contributed by atoms with Gasteiger partial charge in [0.15, 0.2) is 0 Å². The van der Waals surface area contributed by atoms with Crippen molar-refractivity contribution in [2.75, 3.05) is 39.9 Å². The van der Waals surface area contributed by atoms with Crippen LogP contribution in [0.25, 0.3) is 0 Å². The van der Waals surface area contributed by atoms with Gasteiger partial charge in [-0.1, -0.05) is 12.5 Å². The molecule has 1 saturated heterocycles. The number of hydrogen-bond acceptors (Lipinski definition) is 5. The molecule has 1 aliphatic heterocycles. The van der Waals surface area contributed by atoms with Crippen LogP contribution in [0.3, 0.4) is 0 Å². The van der Waals surface area contributed by atoms with Crippen LogP contribution in [0, 0.1) is 11.3 Å². The number of nitrogens with one attached hydrogen (secondary N) is 1. The summed E-state index contributed by atoms with van der Waals surface area (Å²) in [6, 6.07) is 7.59. The van der Waals surface area contributed by atoms with Gasteiger partial charge in [-0.3, -0.25) is 9.69 Å². The van der Waals surface area contributed by atoms with Gasteiger partial charge in [-0.15, -0.1) is 0 Å². The van der Waals surface area contributed by atoms with Crippen molar-refractivity contribution in [1.82, 2.24) is 10.2 Å². The normalized spacial score (nSPS) is 14.6. The van der Waals surface area contributed by atoms with E-state index < -0.39 is 0 Å². The summed E-state index contributed by atoms with van der Waals surface area (Å²) in [6.45, 7) is 4.35. The van der Waals surface area contributed by atoms with Crippen molar-refractivity contribution in [3.05, 3.63) is 23.8 Å². The molecule has 6 heteroatoms. The van der Waals surface area contributed by atoms with E-state index in [0.29, 0.717) is 19.6 Å². The van der Waals surface area contributed by atoms with Crippen LogP contribution in [0.2, 0.25) is 0 Å². The SMILES string of the molecule is COc1ccc(CCNC(=O)CC#N)c(OCCN2CCCCC2)c1. The quantitative estimate of drug-likeness (QED) is 0.742. The Morgan fingerprint density at radius 2 is 2.12 bits per heavy atom. The Morgan fingerprint density at radius 3 is 2.84 bits per heavy atom. The van der Waals surface area contributed by atoms with Crippen LogP contribution < -0.4 is 14.8 Å². The second kappa shape index (κ2) is 10.6. The summed E-state index contributed by atoms with van der Waals surface area (Å²) in [5.74, 6) is 1.31. The molecule has 0 bridgehead atoms. The number of piperidine rings is 1. The van der Waals surface area contributed by atoms with E-state index in [4.69, 9.17) is 14.7 Å². The Morgan fingerprint density at radius 1 is 1.32 bits per heavy atom. The first-order valence-electron chi connectivity index (χ1n) is 8.88. The van der Waals surface area contributed by atoms with Crippen molar-refractivity contribution in [1.29, 1.82) is 5.26 Å². The summed E-state index contributed by atoms with van der Waals surface area (Å²) >= 11 is 0. The molecule has 0 aromatic heterocycles. The molecular formula is C19H27N3O3. The topological polar surface area (TPSA) is 74.6 Å². The highest BCUT2D eigenvalue weighted by Gasteiger charge is 2.11. The molecule has 0 radical (unpaired) electrons. The fraction of sp³-hybridized carbons (Fsp3) is 0.579. The van der Waals surface area contributed by atoms with Crippen LogP contribution in [0.15, 0.2) is 18.2 Å². The van der Waals surface area contributed by atoms with Crippen LogP contribution in [0.1, 0.15) is 31.2 Å². The molecule has 1 aliphatic rings. The molecule has 2 rings (SSSR count). The van der Waals surface area contributed by atoms with E-state index in [1.54, 1.807) is 7.11 Å². The van der Waals surface area contributed by atoms with Gasteiger partial charge in [0.05, 0.1) is 13.2 Å². The average Bonchev–Trinajstić information content (AvgIpc) is 2.64. The zero-order valence-corrected chi connectivity index (χ0v) is 14.9. The second-order valence-electron chi connectivity index (χ2n) is 6.16. The van der Waals surface area contributed by atoms with E-state index in [-0.39, 0.29) is 12.3 Å². The fourth-order valence-corrected chi connectivity index (χ4v) is 2.94. The van der Waals surface area contributed by atoms with E-state index in [1.807, 2.05) is 24.3 Å². The zero-order chi connectivity index (χ0) is 17.9. The molecule has 25 heavy (non-hydrogen) atoms. The average molecular weight is 345 g/mol. The number of likely N-dealkylation sites (tertiary alicyclic amines) is 1. The summed E-state index contributed by atoms with van der Waals surface area (Å²) in [5.41, 5.74) is 1.02. The van der Waals surface area contributed by atoms with Gasteiger partial charge in [0, 0.05) is 19.2 Å². The number of rotatable bonds is 9. The number of methoxy groups -OCH3 is 1. The van der Waals surface area contributed by atoms with Crippen LogP contribution in [0.5, 0.6) is 11.5 Å². The number of carbonyl (C=O) groups is 1. The van der Waals surface area contributed by atoms with Crippen molar-refractivity contribution in [3.8, 4) is 17.6 Å². The number of amides is 1. The van der Waals surface area contributed by atoms with Crippen LogP contribution >= 0.6 is 0 Å². The third-order valence-corrected chi connectivity index (χ3v) is 4.34. The molecule has 1 N–H and O–H groups in total. The first kappa shape index (κ1) is 19.1. The first-order valence-corrected chi connectivity index (χ1v) is 8.88. The van der Waals surface area contributed by atoms with E-state index in [9.17, 15) is 4.79 Å². The molecule has 0 aliphatic carbocycles. The summed E-state index contributed by atoms with van der Waals surface area (Å²) in [6.07, 6.45) is 4.41. The van der Waals surface area contributed by atoms with E-state index in [2.05, 4.69) is 10.2 Å². The van der Waals surface area contributed by atoms with Crippen molar-refractivity contribution in [2.45, 2.75) is 32.1 Å². The predicted molar refractivity (Wildman–Crippen MR) is 95.7 cm³/mol. The molecule has 136 valence electrons. The molecule has 1 aromatic carbocycles. The second-order valence-corrected chi connectivity index (χ2v) is 6.16. The maximum atomic E-state index is 11.4. The lowest BCUT2D eigenvalue weighted by Gasteiger charge is -2.26. The van der Waals surface area contributed by atoms with Gasteiger partial charge in [0.25, 0.3) is 0 Å². The van der Waals surface area contributed by atoms with Crippen LogP contribution in [0.4, 0.5) is 0 Å². The van der Waals surface area contributed by atoms with Crippen LogP contribution in [-0.4, -0.2) is 50.7 Å². The number of hydrogen-bond donors (Lipinski definition) is 1. The van der Waals surface area contributed by atoms with Gasteiger partial charge in [-0.25, -0.2) is 0 Å². The van der Waals surface area contributed by atoms with Gasteiger partial charge >= 0.3 is 0 Å². The molecule has 6 nitrogen and oxygen atoms in total. The van der Waals surface area contributed by atoms with Gasteiger partial charge < -0.3 is 14.8 Å². The Kier molecular flexibility index (Phi) is 8.06. The summed E-state index contributed by atoms with van der Waals surface area (Å²) < 4.78 is 11.3. The number of carbonyl (C=O) groups excluding carboxylic acids is 1. The Labute approximate surface area is 149 Å². The minimum absolute atomic E-state index is 0.109. The molecule has 0 saturated carbocycles. The number of nitrogens with zero attached hydrogens (tertiary/aromatic N) is 2. The first-order chi connectivity index (χ1) is 12.2. The van der Waals surface area contributed by atoms with Crippen molar-refractivity contribution in [3.63, 3.8) is 0 Å². The minimum atomic E-state index is -0.247. The largest absolute Gasteiger partial charge is 0.497 e. The Bertz CT molecular complexity index is 592. The van der Waals surface area contributed by atoms with Crippen molar-refractivity contribution < 1.29 is 14.3 Å². The summed E-state index contributed by atoms with van der Waals surface area (Å²) in [4.78, 5) is 13.8. The molecule has 1 heterocycles. The van der Waals surface area contributed by atoms with Gasteiger partial charge in [-0.05, 0) is 44.0 Å². The van der Waals surface area contributed by atoms with Gasteiger partial charge in [0.2, 0.25) is 5.91 Å². The minimum Gasteiger partial charge on any atom is -0.497 e. The fourth-order valence-electron chi connectivity index (χ4n) is 2.94.